The smallest absolute Gasteiger partial charge is 0.326 e. The van der Waals surface area contributed by atoms with Gasteiger partial charge in [0, 0.05) is 24.9 Å². The molecular weight excluding hydrogens is 272 g/mol. The number of hydrogen-bond acceptors (Lipinski definition) is 4. The second kappa shape index (κ2) is 6.53. The van der Waals surface area contributed by atoms with Crippen LogP contribution in [0.15, 0.2) is 12.5 Å². The number of hydrogen-bond donors (Lipinski definition) is 3. The summed E-state index contributed by atoms with van der Waals surface area (Å²) in [4.78, 5) is 31.2. The minimum absolute atomic E-state index is 0. The number of halogens is 1. The first kappa shape index (κ1) is 15.5. The van der Waals surface area contributed by atoms with E-state index in [0.717, 1.165) is 5.69 Å². The molecule has 0 radical (unpaired) electrons. The number of nitrogens with two attached hydrogens (primary N) is 1. The van der Waals surface area contributed by atoms with Gasteiger partial charge in [-0.15, -0.1) is 12.4 Å². The lowest BCUT2D eigenvalue weighted by molar-refractivity contribution is -0.148. The van der Waals surface area contributed by atoms with E-state index in [9.17, 15) is 9.59 Å². The number of nitrogens with one attached hydrogen (secondary N) is 1. The monoisotopic (exact) mass is 288 g/mol. The Kier molecular flexibility index (Phi) is 5.31. The molecule has 0 aromatic carbocycles. The molecule has 1 fully saturated rings. The second-order valence-corrected chi connectivity index (χ2v) is 4.42. The van der Waals surface area contributed by atoms with E-state index in [-0.39, 0.29) is 18.3 Å². The summed E-state index contributed by atoms with van der Waals surface area (Å²) in [5, 5.41) is 9.02. The van der Waals surface area contributed by atoms with Crippen molar-refractivity contribution in [1.82, 2.24) is 14.9 Å². The normalized spacial score (nSPS) is 19.8. The molecule has 2 rings (SSSR count). The molecule has 4 N–H and O–H groups in total. The molecule has 0 bridgehead atoms. The van der Waals surface area contributed by atoms with Crippen molar-refractivity contribution in [1.29, 1.82) is 0 Å². The molecule has 1 saturated heterocycles. The molecule has 106 valence electrons. The van der Waals surface area contributed by atoms with Crippen LogP contribution < -0.4 is 5.73 Å². The molecule has 1 amide bonds. The van der Waals surface area contributed by atoms with Crippen molar-refractivity contribution in [3.63, 3.8) is 0 Å². The number of aromatic amines is 1. The highest BCUT2D eigenvalue weighted by Crippen LogP contribution is 2.18. The Labute approximate surface area is 116 Å². The second-order valence-electron chi connectivity index (χ2n) is 4.42. The van der Waals surface area contributed by atoms with Crippen molar-refractivity contribution in [2.75, 3.05) is 6.54 Å². The molecule has 1 aliphatic rings. The van der Waals surface area contributed by atoms with Gasteiger partial charge in [-0.25, -0.2) is 9.78 Å². The Morgan fingerprint density at radius 3 is 2.95 bits per heavy atom. The van der Waals surface area contributed by atoms with E-state index in [4.69, 9.17) is 10.8 Å². The maximum absolute atomic E-state index is 12.1. The summed E-state index contributed by atoms with van der Waals surface area (Å²) >= 11 is 0. The minimum atomic E-state index is -0.963. The van der Waals surface area contributed by atoms with Gasteiger partial charge in [0.15, 0.2) is 0 Å². The molecule has 0 spiro atoms. The number of carbonyl (C=O) groups excluding carboxylic acids is 1. The van der Waals surface area contributed by atoms with Crippen LogP contribution in [0, 0.1) is 0 Å². The maximum atomic E-state index is 12.1. The van der Waals surface area contributed by atoms with Crippen LogP contribution >= 0.6 is 12.4 Å². The van der Waals surface area contributed by atoms with E-state index >= 15 is 0 Å². The Bertz CT molecular complexity index is 437. The van der Waals surface area contributed by atoms with Crippen molar-refractivity contribution in [2.45, 2.75) is 31.3 Å². The maximum Gasteiger partial charge on any atom is 0.326 e. The highest BCUT2D eigenvalue weighted by atomic mass is 35.5. The van der Waals surface area contributed by atoms with Crippen LogP contribution in [0.1, 0.15) is 18.5 Å². The number of carboxylic acid groups (broad SMARTS) is 1. The summed E-state index contributed by atoms with van der Waals surface area (Å²) in [6.45, 7) is 0.465. The number of nitrogens with zero attached hydrogens (tertiary/aromatic N) is 2. The lowest BCUT2D eigenvalue weighted by Crippen LogP contribution is -2.49. The molecule has 19 heavy (non-hydrogen) atoms. The first-order chi connectivity index (χ1) is 8.59. The molecule has 1 aromatic rings. The molecule has 0 saturated carbocycles. The van der Waals surface area contributed by atoms with Gasteiger partial charge in [0.05, 0.1) is 12.4 Å². The van der Waals surface area contributed by atoms with Crippen LogP contribution in [0.25, 0.3) is 0 Å². The van der Waals surface area contributed by atoms with Crippen LogP contribution in [0.2, 0.25) is 0 Å². The van der Waals surface area contributed by atoms with E-state index in [1.165, 1.54) is 11.2 Å². The number of carboxylic acids is 1. The molecule has 7 nitrogen and oxygen atoms in total. The summed E-state index contributed by atoms with van der Waals surface area (Å²) in [5.74, 6) is -1.27. The Hall–Kier alpha value is -1.60. The number of imidazole rings is 1. The van der Waals surface area contributed by atoms with Crippen LogP contribution in [0.3, 0.4) is 0 Å². The highest BCUT2D eigenvalue weighted by molar-refractivity contribution is 5.87. The largest absolute Gasteiger partial charge is 0.480 e. The summed E-state index contributed by atoms with van der Waals surface area (Å²) in [7, 11) is 0. The van der Waals surface area contributed by atoms with E-state index in [1.54, 1.807) is 6.20 Å². The molecule has 2 heterocycles. The number of aliphatic carboxylic acids is 1. The average Bonchev–Trinajstić information content (AvgIpc) is 2.97. The van der Waals surface area contributed by atoms with Gasteiger partial charge in [-0.2, -0.15) is 0 Å². The van der Waals surface area contributed by atoms with Gasteiger partial charge in [-0.1, -0.05) is 0 Å². The third-order valence-corrected chi connectivity index (χ3v) is 3.13. The Balaban J connectivity index is 0.00000180. The predicted octanol–water partition coefficient (Wildman–Crippen LogP) is -0.223. The summed E-state index contributed by atoms with van der Waals surface area (Å²) in [6, 6.07) is -1.46. The lowest BCUT2D eigenvalue weighted by atomic mass is 10.1. The zero-order valence-electron chi connectivity index (χ0n) is 10.3. The standard InChI is InChI=1S/C11H16N4O3.ClH/c12-8(4-7-5-13-6-14-7)10(16)15-3-1-2-9(15)11(17)18;/h5-6,8-9H,1-4,12H2,(H,13,14)(H,17,18);1H/t8-,9-;/m0./s1. The third-order valence-electron chi connectivity index (χ3n) is 3.13. The first-order valence-corrected chi connectivity index (χ1v) is 5.85. The van der Waals surface area contributed by atoms with Crippen LogP contribution in [-0.4, -0.2) is 50.5 Å². The van der Waals surface area contributed by atoms with Gasteiger partial charge < -0.3 is 20.7 Å². The quantitative estimate of drug-likeness (QED) is 0.709. The minimum Gasteiger partial charge on any atom is -0.480 e. The number of amides is 1. The molecule has 8 heteroatoms. The fraction of sp³-hybridized carbons (Fsp3) is 0.545. The predicted molar refractivity (Wildman–Crippen MR) is 69.9 cm³/mol. The number of aromatic nitrogens is 2. The van der Waals surface area contributed by atoms with Gasteiger partial charge >= 0.3 is 5.97 Å². The summed E-state index contributed by atoms with van der Waals surface area (Å²) in [6.07, 6.45) is 4.66. The van der Waals surface area contributed by atoms with Gasteiger partial charge in [-0.05, 0) is 12.8 Å². The fourth-order valence-electron chi connectivity index (χ4n) is 2.22. The number of rotatable bonds is 4. The molecule has 1 aliphatic heterocycles. The van der Waals surface area contributed by atoms with Crippen molar-refractivity contribution in [2.24, 2.45) is 5.73 Å². The van der Waals surface area contributed by atoms with E-state index in [1.807, 2.05) is 0 Å². The van der Waals surface area contributed by atoms with Crippen LogP contribution in [0.5, 0.6) is 0 Å². The topological polar surface area (TPSA) is 112 Å². The third kappa shape index (κ3) is 3.45. The van der Waals surface area contributed by atoms with E-state index in [0.29, 0.717) is 25.8 Å². The first-order valence-electron chi connectivity index (χ1n) is 5.85. The lowest BCUT2D eigenvalue weighted by Gasteiger charge is -2.24. The van der Waals surface area contributed by atoms with Gasteiger partial charge in [0.1, 0.15) is 6.04 Å². The van der Waals surface area contributed by atoms with Gasteiger partial charge in [0.2, 0.25) is 5.91 Å². The zero-order chi connectivity index (χ0) is 13.1. The zero-order valence-corrected chi connectivity index (χ0v) is 11.1. The Morgan fingerprint density at radius 1 is 1.63 bits per heavy atom. The van der Waals surface area contributed by atoms with Crippen LogP contribution in [-0.2, 0) is 16.0 Å². The van der Waals surface area contributed by atoms with Crippen molar-refractivity contribution >= 4 is 24.3 Å². The average molecular weight is 289 g/mol. The highest BCUT2D eigenvalue weighted by Gasteiger charge is 2.36. The van der Waals surface area contributed by atoms with Crippen molar-refractivity contribution in [3.05, 3.63) is 18.2 Å². The summed E-state index contributed by atoms with van der Waals surface area (Å²) < 4.78 is 0. The van der Waals surface area contributed by atoms with Crippen molar-refractivity contribution in [3.8, 4) is 0 Å². The molecule has 2 atom stereocenters. The molecule has 1 aromatic heterocycles. The van der Waals surface area contributed by atoms with Gasteiger partial charge in [-0.3, -0.25) is 4.79 Å². The fourth-order valence-corrected chi connectivity index (χ4v) is 2.22. The molecule has 0 aliphatic carbocycles. The number of carbonyl (C=O) groups is 2. The number of likely N-dealkylation sites (tertiary alicyclic amines) is 1. The SMILES string of the molecule is Cl.N[C@@H](Cc1cnc[nH]1)C(=O)N1CCC[C@H]1C(=O)O. The molecule has 0 unspecified atom stereocenters. The van der Waals surface area contributed by atoms with E-state index in [2.05, 4.69) is 9.97 Å². The Morgan fingerprint density at radius 2 is 2.37 bits per heavy atom. The van der Waals surface area contributed by atoms with Crippen molar-refractivity contribution < 1.29 is 14.7 Å². The molecular formula is C11H17ClN4O3. The number of H-pyrrole nitrogens is 1. The van der Waals surface area contributed by atoms with Gasteiger partial charge in [0.25, 0.3) is 0 Å². The van der Waals surface area contributed by atoms with E-state index < -0.39 is 18.1 Å². The van der Waals surface area contributed by atoms with Crippen LogP contribution in [0.4, 0.5) is 0 Å². The summed E-state index contributed by atoms with van der Waals surface area (Å²) in [5.41, 5.74) is 6.58.